The van der Waals surface area contributed by atoms with E-state index in [1.165, 1.54) is 18.2 Å². The maximum absolute atomic E-state index is 13.3. The van der Waals surface area contributed by atoms with Gasteiger partial charge in [0.2, 0.25) is 0 Å². The molecule has 3 nitrogen and oxygen atoms in total. The van der Waals surface area contributed by atoms with Crippen molar-refractivity contribution in [3.8, 4) is 0 Å². The van der Waals surface area contributed by atoms with Gasteiger partial charge in [0.1, 0.15) is 5.82 Å². The minimum atomic E-state index is -1.24. The van der Waals surface area contributed by atoms with E-state index in [0.717, 1.165) is 0 Å². The van der Waals surface area contributed by atoms with Gasteiger partial charge in [0.25, 0.3) is 0 Å². The van der Waals surface area contributed by atoms with Crippen LogP contribution in [0, 0.1) is 5.82 Å². The predicted molar refractivity (Wildman–Crippen MR) is 53.0 cm³/mol. The lowest BCUT2D eigenvalue weighted by Gasteiger charge is -2.17. The van der Waals surface area contributed by atoms with Crippen molar-refractivity contribution in [3.63, 3.8) is 0 Å². The van der Waals surface area contributed by atoms with E-state index >= 15 is 0 Å². The molecule has 15 heavy (non-hydrogen) atoms. The molecule has 1 N–H and O–H groups in total. The number of hydrogen-bond acceptors (Lipinski definition) is 2. The molecule has 1 atom stereocenters. The van der Waals surface area contributed by atoms with Crippen LogP contribution >= 0.6 is 0 Å². The third-order valence-electron chi connectivity index (χ3n) is 1.82. The van der Waals surface area contributed by atoms with Crippen LogP contribution in [0.4, 0.5) is 4.39 Å². The lowest BCUT2D eigenvalue weighted by molar-refractivity contribution is -0.154. The van der Waals surface area contributed by atoms with Crippen LogP contribution in [0.15, 0.2) is 24.3 Å². The molecule has 0 aliphatic carbocycles. The van der Waals surface area contributed by atoms with E-state index in [1.54, 1.807) is 19.9 Å². The van der Waals surface area contributed by atoms with Crippen LogP contribution in [0.1, 0.15) is 25.5 Å². The van der Waals surface area contributed by atoms with E-state index in [4.69, 9.17) is 9.84 Å². The normalized spacial score (nSPS) is 12.8. The van der Waals surface area contributed by atoms with Crippen LogP contribution < -0.4 is 0 Å². The summed E-state index contributed by atoms with van der Waals surface area (Å²) in [4.78, 5) is 10.9. The second-order valence-electron chi connectivity index (χ2n) is 3.42. The topological polar surface area (TPSA) is 46.5 Å². The van der Waals surface area contributed by atoms with E-state index in [0.29, 0.717) is 0 Å². The third kappa shape index (κ3) is 3.02. The number of aliphatic carboxylic acids is 1. The quantitative estimate of drug-likeness (QED) is 0.833. The van der Waals surface area contributed by atoms with E-state index in [2.05, 4.69) is 0 Å². The third-order valence-corrected chi connectivity index (χ3v) is 1.82. The molecular formula is C11H13FO3. The van der Waals surface area contributed by atoms with Gasteiger partial charge in [-0.15, -0.1) is 0 Å². The summed E-state index contributed by atoms with van der Waals surface area (Å²) in [6.07, 6.45) is -1.52. The zero-order valence-corrected chi connectivity index (χ0v) is 8.61. The van der Waals surface area contributed by atoms with Gasteiger partial charge in [0.05, 0.1) is 6.10 Å². The first kappa shape index (κ1) is 11.7. The zero-order valence-electron chi connectivity index (χ0n) is 8.61. The maximum atomic E-state index is 13.3. The van der Waals surface area contributed by atoms with E-state index in [1.807, 2.05) is 0 Å². The molecule has 0 amide bonds. The smallest absolute Gasteiger partial charge is 0.337 e. The van der Waals surface area contributed by atoms with Crippen molar-refractivity contribution in [1.29, 1.82) is 0 Å². The van der Waals surface area contributed by atoms with Crippen molar-refractivity contribution in [2.45, 2.75) is 26.1 Å². The SMILES string of the molecule is CC(C)OC(C(=O)O)c1ccccc1F. The van der Waals surface area contributed by atoms with Crippen LogP contribution in [0.2, 0.25) is 0 Å². The van der Waals surface area contributed by atoms with Gasteiger partial charge < -0.3 is 9.84 Å². The maximum Gasteiger partial charge on any atom is 0.337 e. The number of benzene rings is 1. The average molecular weight is 212 g/mol. The summed E-state index contributed by atoms with van der Waals surface area (Å²) in [7, 11) is 0. The summed E-state index contributed by atoms with van der Waals surface area (Å²) in [5, 5.41) is 8.91. The van der Waals surface area contributed by atoms with Crippen LogP contribution in [0.25, 0.3) is 0 Å². The molecule has 0 saturated carbocycles. The van der Waals surface area contributed by atoms with Crippen LogP contribution in [0.3, 0.4) is 0 Å². The number of carboxylic acid groups (broad SMARTS) is 1. The summed E-state index contributed by atoms with van der Waals surface area (Å²) >= 11 is 0. The average Bonchev–Trinajstić information content (AvgIpc) is 2.15. The molecule has 82 valence electrons. The minimum Gasteiger partial charge on any atom is -0.479 e. The monoisotopic (exact) mass is 212 g/mol. The molecule has 1 unspecified atom stereocenters. The Hall–Kier alpha value is -1.42. The van der Waals surface area contributed by atoms with Crippen molar-refractivity contribution in [1.82, 2.24) is 0 Å². The first-order valence-electron chi connectivity index (χ1n) is 4.65. The standard InChI is InChI=1S/C11H13FO3/c1-7(2)15-10(11(13)14)8-5-3-4-6-9(8)12/h3-7,10H,1-2H3,(H,13,14). The summed E-state index contributed by atoms with van der Waals surface area (Å²) in [6, 6.07) is 5.72. The van der Waals surface area contributed by atoms with Gasteiger partial charge in [-0.25, -0.2) is 9.18 Å². The summed E-state index contributed by atoms with van der Waals surface area (Å²) in [6.45, 7) is 3.41. The van der Waals surface area contributed by atoms with E-state index in [9.17, 15) is 9.18 Å². The summed E-state index contributed by atoms with van der Waals surface area (Å²) in [5.74, 6) is -1.75. The Bertz CT molecular complexity index is 349. The molecule has 0 bridgehead atoms. The number of carbonyl (C=O) groups is 1. The number of hydrogen-bond donors (Lipinski definition) is 1. The Labute approximate surface area is 87.5 Å². The van der Waals surface area contributed by atoms with Crippen molar-refractivity contribution < 1.29 is 19.0 Å². The molecule has 0 fully saturated rings. The van der Waals surface area contributed by atoms with E-state index < -0.39 is 17.9 Å². The minimum absolute atomic E-state index is 0.0544. The Kier molecular flexibility index (Phi) is 3.80. The zero-order chi connectivity index (χ0) is 11.4. The van der Waals surface area contributed by atoms with Gasteiger partial charge in [-0.2, -0.15) is 0 Å². The van der Waals surface area contributed by atoms with Gasteiger partial charge >= 0.3 is 5.97 Å². The Morgan fingerprint density at radius 2 is 2.00 bits per heavy atom. The second kappa shape index (κ2) is 4.89. The molecule has 4 heteroatoms. The van der Waals surface area contributed by atoms with Gasteiger partial charge in [-0.05, 0) is 19.9 Å². The van der Waals surface area contributed by atoms with Crippen molar-refractivity contribution >= 4 is 5.97 Å². The number of rotatable bonds is 4. The summed E-state index contributed by atoms with van der Waals surface area (Å²) < 4.78 is 18.4. The van der Waals surface area contributed by atoms with Gasteiger partial charge in [0.15, 0.2) is 6.10 Å². The molecule has 0 aliphatic rings. The van der Waals surface area contributed by atoms with Gasteiger partial charge in [0, 0.05) is 5.56 Å². The van der Waals surface area contributed by atoms with Crippen molar-refractivity contribution in [2.75, 3.05) is 0 Å². The predicted octanol–water partition coefficient (Wildman–Crippen LogP) is 2.38. The van der Waals surface area contributed by atoms with Crippen LogP contribution in [-0.2, 0) is 9.53 Å². The Morgan fingerprint density at radius 3 is 2.47 bits per heavy atom. The number of carboxylic acids is 1. The first-order valence-corrected chi connectivity index (χ1v) is 4.65. The fraction of sp³-hybridized carbons (Fsp3) is 0.364. The lowest BCUT2D eigenvalue weighted by atomic mass is 10.1. The molecular weight excluding hydrogens is 199 g/mol. The molecule has 1 rings (SSSR count). The Morgan fingerprint density at radius 1 is 1.40 bits per heavy atom. The molecule has 0 heterocycles. The molecule has 0 saturated heterocycles. The van der Waals surface area contributed by atoms with Crippen molar-refractivity contribution in [2.24, 2.45) is 0 Å². The van der Waals surface area contributed by atoms with Crippen LogP contribution in [-0.4, -0.2) is 17.2 Å². The molecule has 1 aromatic rings. The fourth-order valence-electron chi connectivity index (χ4n) is 1.22. The molecule has 0 radical (unpaired) electrons. The van der Waals surface area contributed by atoms with E-state index in [-0.39, 0.29) is 11.7 Å². The molecule has 0 spiro atoms. The molecule has 0 aliphatic heterocycles. The molecule has 1 aromatic carbocycles. The van der Waals surface area contributed by atoms with Gasteiger partial charge in [-0.3, -0.25) is 0 Å². The lowest BCUT2D eigenvalue weighted by Crippen LogP contribution is -2.20. The van der Waals surface area contributed by atoms with Gasteiger partial charge in [-0.1, -0.05) is 18.2 Å². The highest BCUT2D eigenvalue weighted by Gasteiger charge is 2.24. The molecule has 0 aromatic heterocycles. The number of ether oxygens (including phenoxy) is 1. The highest BCUT2D eigenvalue weighted by molar-refractivity contribution is 5.74. The van der Waals surface area contributed by atoms with Crippen LogP contribution in [0.5, 0.6) is 0 Å². The van der Waals surface area contributed by atoms with Crippen molar-refractivity contribution in [3.05, 3.63) is 35.6 Å². The first-order chi connectivity index (χ1) is 7.02. The number of halogens is 1. The largest absolute Gasteiger partial charge is 0.479 e. The Balaban J connectivity index is 2.99. The fourth-order valence-corrected chi connectivity index (χ4v) is 1.22. The highest BCUT2D eigenvalue weighted by Crippen LogP contribution is 2.22. The summed E-state index contributed by atoms with van der Waals surface area (Å²) in [5.41, 5.74) is 0.0544. The second-order valence-corrected chi connectivity index (χ2v) is 3.42. The highest BCUT2D eigenvalue weighted by atomic mass is 19.1.